The predicted molar refractivity (Wildman–Crippen MR) is 41.8 cm³/mol. The molecule has 7 heteroatoms. The van der Waals surface area contributed by atoms with Crippen molar-refractivity contribution in [2.75, 3.05) is 0 Å². The van der Waals surface area contributed by atoms with Gasteiger partial charge in [-0.1, -0.05) is 11.6 Å². The van der Waals surface area contributed by atoms with Crippen LogP contribution in [0.15, 0.2) is 6.20 Å². The molecule has 0 aliphatic carbocycles. The molecule has 0 aliphatic heterocycles. The van der Waals surface area contributed by atoms with Crippen molar-refractivity contribution in [1.82, 2.24) is 9.97 Å². The number of alkyl halides is 3. The smallest absolute Gasteiger partial charge is 0.226 e. The minimum atomic E-state index is -4.32. The Bertz CT molecular complexity index is 313. The molecule has 0 unspecified atom stereocenters. The summed E-state index contributed by atoms with van der Waals surface area (Å²) in [7, 11) is 0. The summed E-state index contributed by atoms with van der Waals surface area (Å²) in [6.07, 6.45) is -4.50. The molecule has 72 valence electrons. The Labute approximate surface area is 81.7 Å². The Kier molecular flexibility index (Phi) is 2.98. The largest absolute Gasteiger partial charge is 0.393 e. The highest BCUT2D eigenvalue weighted by Crippen LogP contribution is 2.24. The summed E-state index contributed by atoms with van der Waals surface area (Å²) in [5.74, 6) is 0. The zero-order valence-electron chi connectivity index (χ0n) is 6.07. The maximum Gasteiger partial charge on any atom is 0.393 e. The zero-order chi connectivity index (χ0) is 10.1. The van der Waals surface area contributed by atoms with E-state index in [2.05, 4.69) is 9.97 Å². The van der Waals surface area contributed by atoms with Crippen LogP contribution < -0.4 is 0 Å². The summed E-state index contributed by atoms with van der Waals surface area (Å²) in [4.78, 5) is 6.77. The van der Waals surface area contributed by atoms with Gasteiger partial charge in [-0.25, -0.2) is 9.97 Å². The summed E-state index contributed by atoms with van der Waals surface area (Å²) in [6.45, 7) is 0. The molecule has 2 nitrogen and oxygen atoms in total. The van der Waals surface area contributed by atoms with Gasteiger partial charge in [0.05, 0.1) is 6.42 Å². The molecule has 0 saturated heterocycles. The normalized spacial score (nSPS) is 11.8. The van der Waals surface area contributed by atoms with E-state index in [-0.39, 0.29) is 16.0 Å². The fourth-order valence-corrected chi connectivity index (χ4v) is 1.07. The van der Waals surface area contributed by atoms with Crippen LogP contribution in [-0.2, 0) is 6.42 Å². The van der Waals surface area contributed by atoms with Crippen LogP contribution in [0.2, 0.25) is 10.4 Å². The summed E-state index contributed by atoms with van der Waals surface area (Å²) in [6, 6.07) is 0. The number of aromatic nitrogens is 2. The third-order valence-corrected chi connectivity index (χ3v) is 1.68. The highest BCUT2D eigenvalue weighted by atomic mass is 35.5. The number of nitrogens with zero attached hydrogens (tertiary/aromatic N) is 2. The second-order valence-corrected chi connectivity index (χ2v) is 2.94. The number of hydrogen-bond donors (Lipinski definition) is 0. The van der Waals surface area contributed by atoms with Crippen molar-refractivity contribution in [3.63, 3.8) is 0 Å². The first-order chi connectivity index (χ1) is 5.88. The molecule has 0 aromatic carbocycles. The standard InChI is InChI=1S/C6H3Cl2F3N2/c7-4-3(1-6(9,10)11)2-12-5(8)13-4/h2H,1H2. The highest BCUT2D eigenvalue weighted by molar-refractivity contribution is 6.32. The van der Waals surface area contributed by atoms with E-state index in [1.54, 1.807) is 0 Å². The number of hydrogen-bond acceptors (Lipinski definition) is 2. The third kappa shape index (κ3) is 3.36. The van der Waals surface area contributed by atoms with Crippen LogP contribution in [0.4, 0.5) is 13.2 Å². The van der Waals surface area contributed by atoms with Gasteiger partial charge in [0.25, 0.3) is 0 Å². The Morgan fingerprint density at radius 2 is 1.92 bits per heavy atom. The molecule has 0 spiro atoms. The van der Waals surface area contributed by atoms with Crippen molar-refractivity contribution < 1.29 is 13.2 Å². The molecular weight excluding hydrogens is 228 g/mol. The molecule has 0 atom stereocenters. The summed E-state index contributed by atoms with van der Waals surface area (Å²) >= 11 is 10.7. The lowest BCUT2D eigenvalue weighted by Crippen LogP contribution is -2.12. The number of halogens is 5. The maximum absolute atomic E-state index is 11.9. The predicted octanol–water partition coefficient (Wildman–Crippen LogP) is 2.89. The van der Waals surface area contributed by atoms with Gasteiger partial charge in [-0.05, 0) is 11.6 Å². The molecule has 1 aromatic heterocycles. The fraction of sp³-hybridized carbons (Fsp3) is 0.333. The van der Waals surface area contributed by atoms with Gasteiger partial charge >= 0.3 is 6.18 Å². The van der Waals surface area contributed by atoms with Gasteiger partial charge in [-0.2, -0.15) is 13.2 Å². The van der Waals surface area contributed by atoms with E-state index in [4.69, 9.17) is 23.2 Å². The first-order valence-corrected chi connectivity index (χ1v) is 3.88. The van der Waals surface area contributed by atoms with Crippen molar-refractivity contribution in [3.8, 4) is 0 Å². The molecule has 0 saturated carbocycles. The SMILES string of the molecule is FC(F)(F)Cc1cnc(Cl)nc1Cl. The Morgan fingerprint density at radius 3 is 2.38 bits per heavy atom. The first-order valence-electron chi connectivity index (χ1n) is 3.12. The second-order valence-electron chi connectivity index (χ2n) is 2.25. The Balaban J connectivity index is 2.90. The molecule has 1 heterocycles. The molecule has 0 aliphatic rings. The van der Waals surface area contributed by atoms with Gasteiger partial charge in [-0.3, -0.25) is 0 Å². The topological polar surface area (TPSA) is 25.8 Å². The van der Waals surface area contributed by atoms with E-state index in [0.717, 1.165) is 6.20 Å². The molecule has 0 amide bonds. The average molecular weight is 231 g/mol. The second kappa shape index (κ2) is 3.67. The van der Waals surface area contributed by atoms with E-state index >= 15 is 0 Å². The van der Waals surface area contributed by atoms with E-state index < -0.39 is 12.6 Å². The average Bonchev–Trinajstić information content (AvgIpc) is 1.93. The van der Waals surface area contributed by atoms with Gasteiger partial charge in [-0.15, -0.1) is 0 Å². The molecule has 0 radical (unpaired) electrons. The minimum absolute atomic E-state index is 0.170. The van der Waals surface area contributed by atoms with E-state index in [1.807, 2.05) is 0 Å². The number of rotatable bonds is 1. The highest BCUT2D eigenvalue weighted by Gasteiger charge is 2.29. The summed E-state index contributed by atoms with van der Waals surface area (Å²) in [5.41, 5.74) is -0.182. The lowest BCUT2D eigenvalue weighted by atomic mass is 10.2. The molecule has 1 aromatic rings. The monoisotopic (exact) mass is 230 g/mol. The van der Waals surface area contributed by atoms with Crippen molar-refractivity contribution >= 4 is 23.2 Å². The molecular formula is C6H3Cl2F3N2. The maximum atomic E-state index is 11.9. The minimum Gasteiger partial charge on any atom is -0.226 e. The van der Waals surface area contributed by atoms with Crippen LogP contribution in [0.3, 0.4) is 0 Å². The van der Waals surface area contributed by atoms with Crippen LogP contribution >= 0.6 is 23.2 Å². The quantitative estimate of drug-likeness (QED) is 0.548. The molecule has 1 rings (SSSR count). The van der Waals surface area contributed by atoms with E-state index in [1.165, 1.54) is 0 Å². The van der Waals surface area contributed by atoms with Crippen LogP contribution in [-0.4, -0.2) is 16.1 Å². The first kappa shape index (κ1) is 10.5. The fourth-order valence-electron chi connectivity index (χ4n) is 0.701. The van der Waals surface area contributed by atoms with E-state index in [0.29, 0.717) is 0 Å². The van der Waals surface area contributed by atoms with Crippen molar-refractivity contribution in [3.05, 3.63) is 22.2 Å². The van der Waals surface area contributed by atoms with Gasteiger partial charge < -0.3 is 0 Å². The van der Waals surface area contributed by atoms with Crippen molar-refractivity contribution in [2.45, 2.75) is 12.6 Å². The van der Waals surface area contributed by atoms with Crippen LogP contribution in [0, 0.1) is 0 Å². The molecule has 0 fully saturated rings. The van der Waals surface area contributed by atoms with Gasteiger partial charge in [0, 0.05) is 11.8 Å². The Hall–Kier alpha value is -0.550. The lowest BCUT2D eigenvalue weighted by Gasteiger charge is -2.06. The molecule has 13 heavy (non-hydrogen) atoms. The molecule has 0 bridgehead atoms. The van der Waals surface area contributed by atoms with Crippen LogP contribution in [0.1, 0.15) is 5.56 Å². The van der Waals surface area contributed by atoms with Crippen molar-refractivity contribution in [2.24, 2.45) is 0 Å². The summed E-state index contributed by atoms with van der Waals surface area (Å²) < 4.78 is 35.6. The Morgan fingerprint density at radius 1 is 1.31 bits per heavy atom. The van der Waals surface area contributed by atoms with Gasteiger partial charge in [0.2, 0.25) is 5.28 Å². The van der Waals surface area contributed by atoms with Crippen LogP contribution in [0.25, 0.3) is 0 Å². The third-order valence-electron chi connectivity index (χ3n) is 1.17. The lowest BCUT2D eigenvalue weighted by molar-refractivity contribution is -0.127. The van der Waals surface area contributed by atoms with E-state index in [9.17, 15) is 13.2 Å². The molecule has 0 N–H and O–H groups in total. The van der Waals surface area contributed by atoms with Crippen LogP contribution in [0.5, 0.6) is 0 Å². The zero-order valence-corrected chi connectivity index (χ0v) is 7.58. The van der Waals surface area contributed by atoms with Gasteiger partial charge in [0.1, 0.15) is 5.15 Å². The van der Waals surface area contributed by atoms with Crippen molar-refractivity contribution in [1.29, 1.82) is 0 Å². The van der Waals surface area contributed by atoms with Gasteiger partial charge in [0.15, 0.2) is 0 Å². The summed E-state index contributed by atoms with van der Waals surface area (Å²) in [5, 5.41) is -0.437.